The van der Waals surface area contributed by atoms with E-state index in [0.29, 0.717) is 16.2 Å². The van der Waals surface area contributed by atoms with E-state index >= 15 is 0 Å². The first-order valence-corrected chi connectivity index (χ1v) is 7.54. The summed E-state index contributed by atoms with van der Waals surface area (Å²) in [5, 5.41) is 13.5. The van der Waals surface area contributed by atoms with Crippen LogP contribution >= 0.6 is 11.6 Å². The second-order valence-electron chi connectivity index (χ2n) is 5.46. The quantitative estimate of drug-likeness (QED) is 0.857. The molecule has 0 bridgehead atoms. The molecule has 1 aromatic carbocycles. The minimum Gasteiger partial charge on any atom is -0.396 e. The fourth-order valence-corrected chi connectivity index (χ4v) is 3.22. The second-order valence-corrected chi connectivity index (χ2v) is 5.85. The van der Waals surface area contributed by atoms with E-state index in [9.17, 15) is 9.90 Å². The number of halogens is 1. The maximum atomic E-state index is 12.5. The van der Waals surface area contributed by atoms with Crippen molar-refractivity contribution < 1.29 is 9.90 Å². The molecular weight excluding hydrogens is 288 g/mol. The summed E-state index contributed by atoms with van der Waals surface area (Å²) in [5.74, 6) is -0.00151. The molecule has 3 rings (SSSR count). The lowest BCUT2D eigenvalue weighted by molar-refractivity contribution is 0.0917. The van der Waals surface area contributed by atoms with Gasteiger partial charge >= 0.3 is 0 Å². The Morgan fingerprint density at radius 2 is 2.19 bits per heavy atom. The summed E-state index contributed by atoms with van der Waals surface area (Å²) in [6.07, 6.45) is 2.90. The van der Waals surface area contributed by atoms with Gasteiger partial charge in [0.15, 0.2) is 0 Å². The SMILES string of the molecule is O=C(NC1CCCC1CO)c1cc(Cl)nc2ccccc12. The molecule has 1 aliphatic carbocycles. The van der Waals surface area contributed by atoms with Crippen molar-refractivity contribution in [1.29, 1.82) is 0 Å². The molecule has 0 saturated heterocycles. The Hall–Kier alpha value is -1.65. The van der Waals surface area contributed by atoms with Gasteiger partial charge in [0.1, 0.15) is 5.15 Å². The van der Waals surface area contributed by atoms with Crippen molar-refractivity contribution in [1.82, 2.24) is 10.3 Å². The number of hydrogen-bond donors (Lipinski definition) is 2. The Labute approximate surface area is 128 Å². The second kappa shape index (κ2) is 6.00. The van der Waals surface area contributed by atoms with Crippen LogP contribution in [0.2, 0.25) is 5.15 Å². The number of carbonyl (C=O) groups excluding carboxylic acids is 1. The van der Waals surface area contributed by atoms with Gasteiger partial charge in [0.2, 0.25) is 0 Å². The fraction of sp³-hybridized carbons (Fsp3) is 0.375. The van der Waals surface area contributed by atoms with Crippen LogP contribution in [0.15, 0.2) is 30.3 Å². The number of nitrogens with one attached hydrogen (secondary N) is 1. The molecule has 0 aliphatic heterocycles. The third-order valence-electron chi connectivity index (χ3n) is 4.14. The number of amides is 1. The first-order chi connectivity index (χ1) is 10.2. The molecule has 1 aromatic heterocycles. The molecule has 1 amide bonds. The maximum Gasteiger partial charge on any atom is 0.252 e. The third kappa shape index (κ3) is 2.87. The number of nitrogens with zero attached hydrogens (tertiary/aromatic N) is 1. The summed E-state index contributed by atoms with van der Waals surface area (Å²) in [5.41, 5.74) is 1.24. The Kier molecular flexibility index (Phi) is 4.08. The smallest absolute Gasteiger partial charge is 0.252 e. The van der Waals surface area contributed by atoms with Crippen LogP contribution in [0.1, 0.15) is 29.6 Å². The van der Waals surface area contributed by atoms with E-state index in [4.69, 9.17) is 11.6 Å². The van der Waals surface area contributed by atoms with Crippen LogP contribution in [0.4, 0.5) is 0 Å². The van der Waals surface area contributed by atoms with Crippen molar-refractivity contribution in [3.63, 3.8) is 0 Å². The van der Waals surface area contributed by atoms with Crippen LogP contribution in [0, 0.1) is 5.92 Å². The van der Waals surface area contributed by atoms with Crippen molar-refractivity contribution in [2.75, 3.05) is 6.61 Å². The molecule has 21 heavy (non-hydrogen) atoms. The van der Waals surface area contributed by atoms with Gasteiger partial charge in [0, 0.05) is 24.0 Å². The van der Waals surface area contributed by atoms with Gasteiger partial charge in [-0.05, 0) is 25.0 Å². The Morgan fingerprint density at radius 1 is 1.38 bits per heavy atom. The van der Waals surface area contributed by atoms with Gasteiger partial charge in [-0.25, -0.2) is 4.98 Å². The molecule has 110 valence electrons. The molecule has 1 fully saturated rings. The molecule has 0 radical (unpaired) electrons. The van der Waals surface area contributed by atoms with Gasteiger partial charge in [-0.1, -0.05) is 36.2 Å². The monoisotopic (exact) mass is 304 g/mol. The topological polar surface area (TPSA) is 62.2 Å². The predicted molar refractivity (Wildman–Crippen MR) is 82.4 cm³/mol. The van der Waals surface area contributed by atoms with E-state index in [2.05, 4.69) is 10.3 Å². The van der Waals surface area contributed by atoms with Crippen molar-refractivity contribution in [2.24, 2.45) is 5.92 Å². The summed E-state index contributed by atoms with van der Waals surface area (Å²) < 4.78 is 0. The average molecular weight is 305 g/mol. The number of para-hydroxylation sites is 1. The van der Waals surface area contributed by atoms with E-state index < -0.39 is 0 Å². The zero-order valence-corrected chi connectivity index (χ0v) is 12.3. The highest BCUT2D eigenvalue weighted by Gasteiger charge is 2.28. The van der Waals surface area contributed by atoms with Crippen molar-refractivity contribution in [3.05, 3.63) is 41.0 Å². The summed E-state index contributed by atoms with van der Waals surface area (Å²) in [7, 11) is 0. The molecule has 2 unspecified atom stereocenters. The van der Waals surface area contributed by atoms with Crippen molar-refractivity contribution in [2.45, 2.75) is 25.3 Å². The van der Waals surface area contributed by atoms with Crippen LogP contribution < -0.4 is 5.32 Å². The zero-order valence-electron chi connectivity index (χ0n) is 11.6. The normalized spacial score (nSPS) is 21.6. The number of fused-ring (bicyclic) bond motifs is 1. The van der Waals surface area contributed by atoms with Crippen molar-refractivity contribution in [3.8, 4) is 0 Å². The van der Waals surface area contributed by atoms with E-state index in [0.717, 1.165) is 24.6 Å². The van der Waals surface area contributed by atoms with E-state index in [-0.39, 0.29) is 24.5 Å². The van der Waals surface area contributed by atoms with Gasteiger partial charge < -0.3 is 10.4 Å². The lowest BCUT2D eigenvalue weighted by Crippen LogP contribution is -2.38. The number of aromatic nitrogens is 1. The molecule has 2 N–H and O–H groups in total. The van der Waals surface area contributed by atoms with Gasteiger partial charge in [-0.2, -0.15) is 0 Å². The summed E-state index contributed by atoms with van der Waals surface area (Å²) >= 11 is 6.01. The summed E-state index contributed by atoms with van der Waals surface area (Å²) in [6, 6.07) is 9.08. The lowest BCUT2D eigenvalue weighted by Gasteiger charge is -2.19. The largest absolute Gasteiger partial charge is 0.396 e. The first-order valence-electron chi connectivity index (χ1n) is 7.16. The minimum atomic E-state index is -0.152. The third-order valence-corrected chi connectivity index (χ3v) is 4.33. The summed E-state index contributed by atoms with van der Waals surface area (Å²) in [6.45, 7) is 0.114. The standard InChI is InChI=1S/C16H17ClN2O2/c17-15-8-12(11-5-1-2-6-14(11)18-15)16(21)19-13-7-3-4-10(13)9-20/h1-2,5-6,8,10,13,20H,3-4,7,9H2,(H,19,21). The highest BCUT2D eigenvalue weighted by molar-refractivity contribution is 6.30. The molecule has 2 atom stereocenters. The minimum absolute atomic E-state index is 0.0354. The fourth-order valence-electron chi connectivity index (χ4n) is 3.02. The molecular formula is C16H17ClN2O2. The highest BCUT2D eigenvalue weighted by Crippen LogP contribution is 2.26. The zero-order chi connectivity index (χ0) is 14.8. The molecule has 5 heteroatoms. The molecule has 4 nitrogen and oxygen atoms in total. The lowest BCUT2D eigenvalue weighted by atomic mass is 10.0. The molecule has 1 heterocycles. The number of carbonyl (C=O) groups is 1. The van der Waals surface area contributed by atoms with Gasteiger partial charge in [-0.3, -0.25) is 4.79 Å². The highest BCUT2D eigenvalue weighted by atomic mass is 35.5. The van der Waals surface area contributed by atoms with Gasteiger partial charge in [0.05, 0.1) is 11.1 Å². The number of hydrogen-bond acceptors (Lipinski definition) is 3. The number of pyridine rings is 1. The average Bonchev–Trinajstić information content (AvgIpc) is 2.93. The van der Waals surface area contributed by atoms with Crippen LogP contribution in [-0.2, 0) is 0 Å². The Morgan fingerprint density at radius 3 is 3.00 bits per heavy atom. The van der Waals surface area contributed by atoms with Gasteiger partial charge in [0.25, 0.3) is 5.91 Å². The maximum absolute atomic E-state index is 12.5. The van der Waals surface area contributed by atoms with Crippen LogP contribution in [0.25, 0.3) is 10.9 Å². The summed E-state index contributed by atoms with van der Waals surface area (Å²) in [4.78, 5) is 16.8. The Bertz CT molecular complexity index is 674. The van der Waals surface area contributed by atoms with Crippen LogP contribution in [-0.4, -0.2) is 28.6 Å². The first kappa shape index (κ1) is 14.3. The number of benzene rings is 1. The van der Waals surface area contributed by atoms with Gasteiger partial charge in [-0.15, -0.1) is 0 Å². The van der Waals surface area contributed by atoms with E-state index in [1.54, 1.807) is 6.07 Å². The van der Waals surface area contributed by atoms with E-state index in [1.165, 1.54) is 0 Å². The Balaban J connectivity index is 1.91. The number of rotatable bonds is 3. The molecule has 1 saturated carbocycles. The number of aliphatic hydroxyl groups is 1. The number of aliphatic hydroxyl groups excluding tert-OH is 1. The predicted octanol–water partition coefficient (Wildman–Crippen LogP) is 2.78. The van der Waals surface area contributed by atoms with E-state index in [1.807, 2.05) is 24.3 Å². The molecule has 2 aromatic rings. The molecule has 1 aliphatic rings. The van der Waals surface area contributed by atoms with Crippen LogP contribution in [0.3, 0.4) is 0 Å². The molecule has 0 spiro atoms. The van der Waals surface area contributed by atoms with Crippen molar-refractivity contribution >= 4 is 28.4 Å². The van der Waals surface area contributed by atoms with Crippen LogP contribution in [0.5, 0.6) is 0 Å².